The smallest absolute Gasteiger partial charge is 0.131 e. The van der Waals surface area contributed by atoms with E-state index in [0.29, 0.717) is 6.61 Å². The number of para-hydroxylation sites is 1. The second-order valence-electron chi connectivity index (χ2n) is 6.46. The Bertz CT molecular complexity index is 938. The SMILES string of the molecule is CCOc1ccc(C2=CC(c3ccccc3C)c3ccccc3O2)cc1. The van der Waals surface area contributed by atoms with Crippen LogP contribution in [0.5, 0.6) is 11.5 Å². The Labute approximate surface area is 154 Å². The summed E-state index contributed by atoms with van der Waals surface area (Å²) in [5.41, 5.74) is 4.86. The summed E-state index contributed by atoms with van der Waals surface area (Å²) in [5.74, 6) is 2.87. The van der Waals surface area contributed by atoms with Crippen LogP contribution >= 0.6 is 0 Å². The number of aryl methyl sites for hydroxylation is 1. The first kappa shape index (κ1) is 16.5. The van der Waals surface area contributed by atoms with Crippen LogP contribution in [0.2, 0.25) is 0 Å². The molecule has 1 atom stereocenters. The van der Waals surface area contributed by atoms with Gasteiger partial charge in [-0.2, -0.15) is 0 Å². The normalized spacial score (nSPS) is 15.6. The van der Waals surface area contributed by atoms with Crippen LogP contribution in [0.3, 0.4) is 0 Å². The summed E-state index contributed by atoms with van der Waals surface area (Å²) in [6, 6.07) is 24.9. The first-order valence-electron chi connectivity index (χ1n) is 9.03. The summed E-state index contributed by atoms with van der Waals surface area (Å²) in [7, 11) is 0. The van der Waals surface area contributed by atoms with E-state index < -0.39 is 0 Å². The topological polar surface area (TPSA) is 18.5 Å². The van der Waals surface area contributed by atoms with Gasteiger partial charge in [0.25, 0.3) is 0 Å². The highest BCUT2D eigenvalue weighted by Crippen LogP contribution is 2.41. The molecule has 3 aromatic carbocycles. The van der Waals surface area contributed by atoms with Gasteiger partial charge in [0.15, 0.2) is 0 Å². The highest BCUT2D eigenvalue weighted by molar-refractivity contribution is 5.69. The van der Waals surface area contributed by atoms with E-state index in [1.807, 2.05) is 31.2 Å². The Balaban J connectivity index is 1.78. The second kappa shape index (κ2) is 7.09. The Morgan fingerprint density at radius 3 is 2.27 bits per heavy atom. The van der Waals surface area contributed by atoms with Crippen LogP contribution in [-0.2, 0) is 0 Å². The van der Waals surface area contributed by atoms with Crippen molar-refractivity contribution < 1.29 is 9.47 Å². The van der Waals surface area contributed by atoms with Gasteiger partial charge in [0.05, 0.1) is 6.61 Å². The molecule has 0 N–H and O–H groups in total. The Morgan fingerprint density at radius 1 is 0.846 bits per heavy atom. The fourth-order valence-electron chi connectivity index (χ4n) is 3.45. The van der Waals surface area contributed by atoms with Crippen LogP contribution in [0.4, 0.5) is 0 Å². The lowest BCUT2D eigenvalue weighted by atomic mass is 9.85. The molecule has 1 aliphatic heterocycles. The van der Waals surface area contributed by atoms with E-state index in [1.165, 1.54) is 16.7 Å². The van der Waals surface area contributed by atoms with Crippen molar-refractivity contribution >= 4 is 5.76 Å². The fraction of sp³-hybridized carbons (Fsp3) is 0.167. The van der Waals surface area contributed by atoms with Crippen molar-refractivity contribution in [3.63, 3.8) is 0 Å². The lowest BCUT2D eigenvalue weighted by Gasteiger charge is -2.26. The molecule has 0 saturated carbocycles. The van der Waals surface area contributed by atoms with Crippen molar-refractivity contribution in [1.82, 2.24) is 0 Å². The summed E-state index contributed by atoms with van der Waals surface area (Å²) in [5, 5.41) is 0. The molecule has 3 aromatic rings. The predicted molar refractivity (Wildman–Crippen MR) is 106 cm³/mol. The van der Waals surface area contributed by atoms with Gasteiger partial charge in [0.2, 0.25) is 0 Å². The third-order valence-electron chi connectivity index (χ3n) is 4.77. The molecule has 1 heterocycles. The van der Waals surface area contributed by atoms with Crippen molar-refractivity contribution in [3.8, 4) is 11.5 Å². The minimum absolute atomic E-state index is 0.183. The average molecular weight is 342 g/mol. The maximum atomic E-state index is 6.23. The fourth-order valence-corrected chi connectivity index (χ4v) is 3.45. The van der Waals surface area contributed by atoms with E-state index in [1.54, 1.807) is 0 Å². The van der Waals surface area contributed by atoms with Crippen molar-refractivity contribution in [2.75, 3.05) is 6.61 Å². The van der Waals surface area contributed by atoms with E-state index in [0.717, 1.165) is 22.8 Å². The molecule has 1 aliphatic rings. The van der Waals surface area contributed by atoms with Gasteiger partial charge in [-0.25, -0.2) is 0 Å². The third-order valence-corrected chi connectivity index (χ3v) is 4.77. The first-order chi connectivity index (χ1) is 12.8. The lowest BCUT2D eigenvalue weighted by Crippen LogP contribution is -2.11. The summed E-state index contributed by atoms with van der Waals surface area (Å²) in [6.45, 7) is 4.82. The summed E-state index contributed by atoms with van der Waals surface area (Å²) in [4.78, 5) is 0. The molecular weight excluding hydrogens is 320 g/mol. The van der Waals surface area contributed by atoms with Crippen molar-refractivity contribution in [2.24, 2.45) is 0 Å². The molecule has 2 heteroatoms. The second-order valence-corrected chi connectivity index (χ2v) is 6.46. The third kappa shape index (κ3) is 3.11. The monoisotopic (exact) mass is 342 g/mol. The zero-order valence-electron chi connectivity index (χ0n) is 15.1. The number of hydrogen-bond acceptors (Lipinski definition) is 2. The molecule has 2 nitrogen and oxygen atoms in total. The van der Waals surface area contributed by atoms with E-state index in [4.69, 9.17) is 9.47 Å². The Morgan fingerprint density at radius 2 is 1.54 bits per heavy atom. The van der Waals surface area contributed by atoms with E-state index in [-0.39, 0.29) is 5.92 Å². The summed E-state index contributed by atoms with van der Waals surface area (Å²) >= 11 is 0. The molecule has 0 spiro atoms. The number of hydrogen-bond donors (Lipinski definition) is 0. The van der Waals surface area contributed by atoms with E-state index in [9.17, 15) is 0 Å². The average Bonchev–Trinajstić information content (AvgIpc) is 2.68. The molecule has 0 fully saturated rings. The summed E-state index contributed by atoms with van der Waals surface area (Å²) in [6.07, 6.45) is 2.22. The predicted octanol–water partition coefficient (Wildman–Crippen LogP) is 5.96. The van der Waals surface area contributed by atoms with Gasteiger partial charge in [-0.05, 0) is 61.4 Å². The molecule has 26 heavy (non-hydrogen) atoms. The Hall–Kier alpha value is -3.00. The van der Waals surface area contributed by atoms with Gasteiger partial charge >= 0.3 is 0 Å². The Kier molecular flexibility index (Phi) is 4.49. The summed E-state index contributed by atoms with van der Waals surface area (Å²) < 4.78 is 11.8. The van der Waals surface area contributed by atoms with Gasteiger partial charge in [-0.3, -0.25) is 0 Å². The number of rotatable bonds is 4. The first-order valence-corrected chi connectivity index (χ1v) is 9.03. The minimum Gasteiger partial charge on any atom is -0.494 e. The van der Waals surface area contributed by atoms with Crippen LogP contribution < -0.4 is 9.47 Å². The van der Waals surface area contributed by atoms with Gasteiger partial charge in [0.1, 0.15) is 17.3 Å². The van der Waals surface area contributed by atoms with Crippen molar-refractivity contribution in [2.45, 2.75) is 19.8 Å². The van der Waals surface area contributed by atoms with Crippen LogP contribution in [0.1, 0.15) is 35.1 Å². The maximum Gasteiger partial charge on any atom is 0.131 e. The van der Waals surface area contributed by atoms with Crippen LogP contribution in [0.25, 0.3) is 5.76 Å². The van der Waals surface area contributed by atoms with Gasteiger partial charge < -0.3 is 9.47 Å². The van der Waals surface area contributed by atoms with E-state index >= 15 is 0 Å². The zero-order valence-corrected chi connectivity index (χ0v) is 15.1. The molecular formula is C24H22O2. The van der Waals surface area contributed by atoms with Crippen LogP contribution in [0.15, 0.2) is 78.9 Å². The minimum atomic E-state index is 0.183. The highest BCUT2D eigenvalue weighted by atomic mass is 16.5. The molecule has 0 amide bonds. The molecule has 130 valence electrons. The number of benzene rings is 3. The molecule has 0 bridgehead atoms. The van der Waals surface area contributed by atoms with Gasteiger partial charge in [-0.1, -0.05) is 42.5 Å². The molecule has 0 radical (unpaired) electrons. The number of fused-ring (bicyclic) bond motifs is 1. The molecule has 0 aliphatic carbocycles. The van der Waals surface area contributed by atoms with Crippen molar-refractivity contribution in [1.29, 1.82) is 0 Å². The molecule has 1 unspecified atom stereocenters. The van der Waals surface area contributed by atoms with Gasteiger partial charge in [0, 0.05) is 17.0 Å². The largest absolute Gasteiger partial charge is 0.494 e. The van der Waals surface area contributed by atoms with Gasteiger partial charge in [-0.15, -0.1) is 0 Å². The molecule has 0 saturated heterocycles. The van der Waals surface area contributed by atoms with Crippen LogP contribution in [-0.4, -0.2) is 6.61 Å². The molecule has 0 aromatic heterocycles. The maximum absolute atomic E-state index is 6.23. The quantitative estimate of drug-likeness (QED) is 0.582. The molecule has 4 rings (SSSR count). The highest BCUT2D eigenvalue weighted by Gasteiger charge is 2.24. The lowest BCUT2D eigenvalue weighted by molar-refractivity contribution is 0.340. The number of ether oxygens (including phenoxy) is 2. The zero-order chi connectivity index (χ0) is 17.9. The van der Waals surface area contributed by atoms with Crippen LogP contribution in [0, 0.1) is 6.92 Å². The van der Waals surface area contributed by atoms with E-state index in [2.05, 4.69) is 61.5 Å². The van der Waals surface area contributed by atoms with Crippen molar-refractivity contribution in [3.05, 3.63) is 101 Å². The standard InChI is InChI=1S/C24H22O2/c1-3-25-19-14-12-18(13-15-19)24-16-22(20-9-5-4-8-17(20)2)21-10-6-7-11-23(21)26-24/h4-16,22H,3H2,1-2H3. The number of allylic oxidation sites excluding steroid dienone is 1.